The second kappa shape index (κ2) is 11.5. The summed E-state index contributed by atoms with van der Waals surface area (Å²) in [5.41, 5.74) is 9.29. The molecule has 1 heterocycles. The predicted molar refractivity (Wildman–Crippen MR) is 213 cm³/mol. The molecule has 50 heavy (non-hydrogen) atoms. The Bertz CT molecular complexity index is 2870. The predicted octanol–water partition coefficient (Wildman–Crippen LogP) is 13.4. The molecule has 0 bridgehead atoms. The normalized spacial score (nSPS) is 11.6. The van der Waals surface area contributed by atoms with Crippen LogP contribution in [0.3, 0.4) is 0 Å². The maximum atomic E-state index is 2.44. The first kappa shape index (κ1) is 28.4. The first-order chi connectivity index (χ1) is 24.8. The summed E-state index contributed by atoms with van der Waals surface area (Å²) >= 11 is 0. The summed E-state index contributed by atoms with van der Waals surface area (Å²) in [5, 5.41) is 10.0. The molecule has 0 saturated carbocycles. The molecule has 0 amide bonds. The average Bonchev–Trinajstić information content (AvgIpc) is 3.52. The van der Waals surface area contributed by atoms with Gasteiger partial charge in [-0.2, -0.15) is 0 Å². The summed E-state index contributed by atoms with van der Waals surface area (Å²) < 4.78 is 2.38. The molecule has 0 aliphatic rings. The van der Waals surface area contributed by atoms with Gasteiger partial charge in [-0.05, 0) is 92.5 Å². The van der Waals surface area contributed by atoms with Crippen LogP contribution in [0.2, 0.25) is 0 Å². The third-order valence-corrected chi connectivity index (χ3v) is 10.1. The summed E-state index contributed by atoms with van der Waals surface area (Å²) in [7, 11) is 0. The maximum absolute atomic E-state index is 2.44. The van der Waals surface area contributed by atoms with Gasteiger partial charge in [0.25, 0.3) is 0 Å². The van der Waals surface area contributed by atoms with Gasteiger partial charge in [0, 0.05) is 33.4 Å². The molecule has 0 N–H and O–H groups in total. The van der Waals surface area contributed by atoms with Gasteiger partial charge in [0.15, 0.2) is 0 Å². The smallest absolute Gasteiger partial charge is 0.0542 e. The maximum Gasteiger partial charge on any atom is 0.0542 e. The molecule has 0 radical (unpaired) electrons. The van der Waals surface area contributed by atoms with Crippen molar-refractivity contribution in [3.8, 4) is 16.8 Å². The number of benzene rings is 9. The highest BCUT2D eigenvalue weighted by Gasteiger charge is 2.20. The Morgan fingerprint density at radius 2 is 0.900 bits per heavy atom. The fraction of sp³-hybridized carbons (Fsp3) is 0. The molecule has 0 atom stereocenters. The first-order valence-electron chi connectivity index (χ1n) is 17.2. The number of para-hydroxylation sites is 3. The van der Waals surface area contributed by atoms with Crippen LogP contribution < -0.4 is 4.90 Å². The molecule has 0 aliphatic carbocycles. The number of anilines is 3. The minimum absolute atomic E-state index is 1.11. The zero-order valence-electron chi connectivity index (χ0n) is 27.4. The third-order valence-electron chi connectivity index (χ3n) is 10.1. The molecule has 1 aromatic heterocycles. The number of hydrogen-bond acceptors (Lipinski definition) is 1. The van der Waals surface area contributed by atoms with Gasteiger partial charge in [0.05, 0.1) is 16.7 Å². The van der Waals surface area contributed by atoms with Gasteiger partial charge in [0.1, 0.15) is 0 Å². The SMILES string of the molecule is c1ccc(-c2ccccc2N(c2ccc3ccc4c5ccccc5ccc4c3c2)c2ccc3c(c2)c2ccccc2n3-c2ccccc2)cc1. The van der Waals surface area contributed by atoms with Crippen molar-refractivity contribution in [1.82, 2.24) is 4.57 Å². The van der Waals surface area contributed by atoms with E-state index >= 15 is 0 Å². The molecule has 10 aromatic rings. The lowest BCUT2D eigenvalue weighted by atomic mass is 9.96. The van der Waals surface area contributed by atoms with Crippen LogP contribution >= 0.6 is 0 Å². The number of hydrogen-bond donors (Lipinski definition) is 0. The summed E-state index contributed by atoms with van der Waals surface area (Å²) in [6.07, 6.45) is 0. The third kappa shape index (κ3) is 4.50. The largest absolute Gasteiger partial charge is 0.310 e. The Labute approximate surface area is 290 Å². The van der Waals surface area contributed by atoms with Crippen molar-refractivity contribution in [3.63, 3.8) is 0 Å². The lowest BCUT2D eigenvalue weighted by Crippen LogP contribution is -2.11. The van der Waals surface area contributed by atoms with Gasteiger partial charge >= 0.3 is 0 Å². The van der Waals surface area contributed by atoms with Gasteiger partial charge in [-0.25, -0.2) is 0 Å². The van der Waals surface area contributed by atoms with Crippen LogP contribution in [0.1, 0.15) is 0 Å². The van der Waals surface area contributed by atoms with E-state index in [1.165, 1.54) is 65.3 Å². The van der Waals surface area contributed by atoms with E-state index in [2.05, 4.69) is 204 Å². The number of rotatable bonds is 5. The van der Waals surface area contributed by atoms with Crippen molar-refractivity contribution in [2.75, 3.05) is 4.90 Å². The average molecular weight is 637 g/mol. The van der Waals surface area contributed by atoms with Gasteiger partial charge < -0.3 is 9.47 Å². The molecule has 0 aliphatic heterocycles. The highest BCUT2D eigenvalue weighted by molar-refractivity contribution is 6.18. The minimum Gasteiger partial charge on any atom is -0.310 e. The second-order valence-corrected chi connectivity index (χ2v) is 13.0. The molecule has 0 spiro atoms. The summed E-state index contributed by atoms with van der Waals surface area (Å²) in [4.78, 5) is 2.44. The van der Waals surface area contributed by atoms with E-state index in [9.17, 15) is 0 Å². The van der Waals surface area contributed by atoms with Crippen molar-refractivity contribution >= 4 is 71.2 Å². The van der Waals surface area contributed by atoms with Gasteiger partial charge in [0.2, 0.25) is 0 Å². The zero-order valence-corrected chi connectivity index (χ0v) is 27.4. The van der Waals surface area contributed by atoms with Crippen molar-refractivity contribution in [1.29, 1.82) is 0 Å². The van der Waals surface area contributed by atoms with E-state index in [1.54, 1.807) is 0 Å². The summed E-state index contributed by atoms with van der Waals surface area (Å²) in [6, 6.07) is 70.5. The van der Waals surface area contributed by atoms with Crippen LogP contribution in [0.25, 0.3) is 70.9 Å². The Morgan fingerprint density at radius 1 is 0.340 bits per heavy atom. The molecule has 9 aromatic carbocycles. The van der Waals surface area contributed by atoms with Crippen molar-refractivity contribution in [2.45, 2.75) is 0 Å². The van der Waals surface area contributed by atoms with Crippen molar-refractivity contribution in [3.05, 3.63) is 194 Å². The van der Waals surface area contributed by atoms with E-state index < -0.39 is 0 Å². The number of nitrogens with zero attached hydrogens (tertiary/aromatic N) is 2. The van der Waals surface area contributed by atoms with E-state index in [-0.39, 0.29) is 0 Å². The quantitative estimate of drug-likeness (QED) is 0.171. The minimum atomic E-state index is 1.11. The summed E-state index contributed by atoms with van der Waals surface area (Å²) in [6.45, 7) is 0. The molecular weight excluding hydrogens is 605 g/mol. The molecule has 0 unspecified atom stereocenters. The van der Waals surface area contributed by atoms with Crippen LogP contribution in [-0.2, 0) is 0 Å². The highest BCUT2D eigenvalue weighted by Crippen LogP contribution is 2.44. The Balaban J connectivity index is 1.25. The number of aromatic nitrogens is 1. The van der Waals surface area contributed by atoms with Crippen LogP contribution in [0.15, 0.2) is 194 Å². The van der Waals surface area contributed by atoms with E-state index in [4.69, 9.17) is 0 Å². The van der Waals surface area contributed by atoms with Crippen molar-refractivity contribution < 1.29 is 0 Å². The standard InChI is InChI=1S/C48H32N2/c1-3-13-33(14-4-1)40-19-9-11-21-46(40)49(37-26-23-35-25-28-41-39-18-8-7-15-34(39)24-29-42(41)44(35)31-37)38-27-30-48-45(32-38)43-20-10-12-22-47(43)50(48)36-16-5-2-6-17-36/h1-32H. The molecule has 0 saturated heterocycles. The van der Waals surface area contributed by atoms with Crippen LogP contribution in [0.5, 0.6) is 0 Å². The Kier molecular flexibility index (Phi) is 6.53. The molecule has 2 heteroatoms. The number of fused-ring (bicyclic) bond motifs is 8. The molecule has 2 nitrogen and oxygen atoms in total. The van der Waals surface area contributed by atoms with Crippen LogP contribution in [0, 0.1) is 0 Å². The van der Waals surface area contributed by atoms with Crippen molar-refractivity contribution in [2.24, 2.45) is 0 Å². The first-order valence-corrected chi connectivity index (χ1v) is 17.2. The molecule has 0 fully saturated rings. The van der Waals surface area contributed by atoms with Gasteiger partial charge in [-0.3, -0.25) is 0 Å². The van der Waals surface area contributed by atoms with Gasteiger partial charge in [-0.15, -0.1) is 0 Å². The monoisotopic (exact) mass is 636 g/mol. The zero-order chi connectivity index (χ0) is 33.0. The lowest BCUT2D eigenvalue weighted by molar-refractivity contribution is 1.18. The van der Waals surface area contributed by atoms with E-state index in [1.807, 2.05) is 0 Å². The Hall–Kier alpha value is -6.64. The van der Waals surface area contributed by atoms with E-state index in [0.29, 0.717) is 0 Å². The lowest BCUT2D eigenvalue weighted by Gasteiger charge is -2.28. The molecule has 234 valence electrons. The fourth-order valence-electron chi connectivity index (χ4n) is 7.86. The summed E-state index contributed by atoms with van der Waals surface area (Å²) in [5.74, 6) is 0. The van der Waals surface area contributed by atoms with Gasteiger partial charge in [-0.1, -0.05) is 140 Å². The fourth-order valence-corrected chi connectivity index (χ4v) is 7.86. The molecule has 10 rings (SSSR count). The second-order valence-electron chi connectivity index (χ2n) is 13.0. The van der Waals surface area contributed by atoms with E-state index in [0.717, 1.165) is 22.7 Å². The highest BCUT2D eigenvalue weighted by atomic mass is 15.1. The van der Waals surface area contributed by atoms with Crippen LogP contribution in [-0.4, -0.2) is 4.57 Å². The molecular formula is C48H32N2. The Morgan fingerprint density at radius 3 is 1.72 bits per heavy atom. The topological polar surface area (TPSA) is 8.17 Å². The van der Waals surface area contributed by atoms with Crippen LogP contribution in [0.4, 0.5) is 17.1 Å².